The average Bonchev–Trinajstić information content (AvgIpc) is 3.12. The van der Waals surface area contributed by atoms with Crippen LogP contribution < -0.4 is 5.32 Å². The number of nitrogens with zero attached hydrogens (tertiary/aromatic N) is 1. The molecule has 2 heterocycles. The largest absolute Gasteiger partial charge is 0.359 e. The summed E-state index contributed by atoms with van der Waals surface area (Å²) in [6.45, 7) is 0.180. The van der Waals surface area contributed by atoms with Gasteiger partial charge in [0.1, 0.15) is 5.69 Å². The van der Waals surface area contributed by atoms with Gasteiger partial charge >= 0.3 is 0 Å². The fourth-order valence-electron chi connectivity index (χ4n) is 2.46. The van der Waals surface area contributed by atoms with Crippen molar-refractivity contribution in [3.8, 4) is 11.3 Å². The van der Waals surface area contributed by atoms with Crippen molar-refractivity contribution in [2.75, 3.05) is 5.75 Å². The summed E-state index contributed by atoms with van der Waals surface area (Å²) in [5.74, 6) is -0.0342. The molecule has 1 aliphatic heterocycles. The van der Waals surface area contributed by atoms with E-state index in [0.29, 0.717) is 16.5 Å². The Labute approximate surface area is 144 Å². The molecule has 3 rings (SSSR count). The molecule has 1 atom stereocenters. The van der Waals surface area contributed by atoms with E-state index in [-0.39, 0.29) is 30.5 Å². The molecule has 2 aromatic rings. The molecule has 1 aromatic carbocycles. The number of allylic oxidation sites excluding steroid dienone is 1. The second kappa shape index (κ2) is 6.78. The summed E-state index contributed by atoms with van der Waals surface area (Å²) in [4.78, 5) is 11.9. The van der Waals surface area contributed by atoms with Gasteiger partial charge in [-0.05, 0) is 6.07 Å². The third kappa shape index (κ3) is 4.04. The monoisotopic (exact) mass is 366 g/mol. The Balaban J connectivity index is 1.55. The summed E-state index contributed by atoms with van der Waals surface area (Å²) in [6.07, 6.45) is 1.68. The first-order valence-corrected chi connectivity index (χ1v) is 9.40. The van der Waals surface area contributed by atoms with Crippen LogP contribution in [-0.2, 0) is 21.2 Å². The van der Waals surface area contributed by atoms with Gasteiger partial charge in [-0.25, -0.2) is 8.42 Å². The summed E-state index contributed by atoms with van der Waals surface area (Å²) in [7, 11) is -3.14. The maximum Gasteiger partial charge on any atom is 0.220 e. The maximum absolute atomic E-state index is 11.9. The van der Waals surface area contributed by atoms with Crippen LogP contribution in [0.4, 0.5) is 0 Å². The van der Waals surface area contributed by atoms with E-state index in [1.54, 1.807) is 18.2 Å². The number of carbonyl (C=O) groups is 1. The summed E-state index contributed by atoms with van der Waals surface area (Å²) in [5, 5.41) is 8.37. The van der Waals surface area contributed by atoms with Gasteiger partial charge in [-0.15, -0.1) is 0 Å². The molecular weight excluding hydrogens is 352 g/mol. The molecule has 0 aliphatic carbocycles. The Bertz CT molecular complexity index is 889. The predicted molar refractivity (Wildman–Crippen MR) is 89.8 cm³/mol. The van der Waals surface area contributed by atoms with E-state index in [1.165, 1.54) is 0 Å². The summed E-state index contributed by atoms with van der Waals surface area (Å²) >= 11 is 6.11. The molecule has 24 heavy (non-hydrogen) atoms. The molecule has 8 heteroatoms. The summed E-state index contributed by atoms with van der Waals surface area (Å²) in [5.41, 5.74) is 1.34. The van der Waals surface area contributed by atoms with Crippen LogP contribution in [0.2, 0.25) is 5.02 Å². The Morgan fingerprint density at radius 2 is 2.17 bits per heavy atom. The van der Waals surface area contributed by atoms with Gasteiger partial charge in [0.05, 0.1) is 17.3 Å². The predicted octanol–water partition coefficient (Wildman–Crippen LogP) is 2.56. The van der Waals surface area contributed by atoms with Crippen LogP contribution >= 0.6 is 11.6 Å². The van der Waals surface area contributed by atoms with Gasteiger partial charge in [-0.2, -0.15) is 0 Å². The van der Waals surface area contributed by atoms with Gasteiger partial charge < -0.3 is 9.84 Å². The van der Waals surface area contributed by atoms with Crippen LogP contribution in [0.3, 0.4) is 0 Å². The first-order chi connectivity index (χ1) is 11.4. The van der Waals surface area contributed by atoms with Crippen LogP contribution in [0, 0.1) is 5.92 Å². The van der Waals surface area contributed by atoms with E-state index in [4.69, 9.17) is 16.1 Å². The Kier molecular flexibility index (Phi) is 4.73. The fourth-order valence-corrected chi connectivity index (χ4v) is 4.09. The van der Waals surface area contributed by atoms with Crippen molar-refractivity contribution in [3.05, 3.63) is 52.6 Å². The second-order valence-electron chi connectivity index (χ2n) is 5.56. The van der Waals surface area contributed by atoms with Crippen molar-refractivity contribution in [1.29, 1.82) is 0 Å². The number of sulfone groups is 1. The number of amides is 1. The quantitative estimate of drug-likeness (QED) is 0.878. The number of aromatic nitrogens is 1. The van der Waals surface area contributed by atoms with Crippen LogP contribution in [0.25, 0.3) is 11.3 Å². The molecule has 0 spiro atoms. The maximum atomic E-state index is 11.9. The molecule has 1 unspecified atom stereocenters. The van der Waals surface area contributed by atoms with Crippen LogP contribution in [0.1, 0.15) is 12.2 Å². The molecule has 0 bridgehead atoms. The molecular formula is C16H15ClN2O4S. The summed E-state index contributed by atoms with van der Waals surface area (Å²) < 4.78 is 27.8. The summed E-state index contributed by atoms with van der Waals surface area (Å²) in [6, 6.07) is 8.97. The topological polar surface area (TPSA) is 89.3 Å². The average molecular weight is 367 g/mol. The lowest BCUT2D eigenvalue weighted by atomic mass is 10.1. The lowest BCUT2D eigenvalue weighted by Crippen LogP contribution is -2.25. The number of hydrogen-bond acceptors (Lipinski definition) is 5. The normalized spacial score (nSPS) is 18.6. The highest BCUT2D eigenvalue weighted by atomic mass is 35.5. The number of carbonyl (C=O) groups excluding carboxylic acids is 1. The number of benzene rings is 1. The molecule has 1 aliphatic rings. The van der Waals surface area contributed by atoms with Crippen LogP contribution in [-0.4, -0.2) is 25.2 Å². The minimum absolute atomic E-state index is 0.0145. The fraction of sp³-hybridized carbons (Fsp3) is 0.250. The van der Waals surface area contributed by atoms with Crippen LogP contribution in [0.5, 0.6) is 0 Å². The highest BCUT2D eigenvalue weighted by molar-refractivity contribution is 7.94. The molecule has 126 valence electrons. The van der Waals surface area contributed by atoms with E-state index in [2.05, 4.69) is 10.5 Å². The zero-order valence-electron chi connectivity index (χ0n) is 12.6. The van der Waals surface area contributed by atoms with Gasteiger partial charge in [0.15, 0.2) is 15.6 Å². The number of hydrogen-bond donors (Lipinski definition) is 1. The van der Waals surface area contributed by atoms with Gasteiger partial charge in [0, 0.05) is 29.4 Å². The lowest BCUT2D eigenvalue weighted by Gasteiger charge is -2.06. The highest BCUT2D eigenvalue weighted by Crippen LogP contribution is 2.27. The standard InChI is InChI=1S/C16H15ClN2O4S/c17-14-4-2-1-3-13(14)15-8-12(23-19-15)9-18-16(20)7-11-5-6-24(21,22)10-11/h1-6,8,11H,7,9-10H2,(H,18,20). The van der Waals surface area contributed by atoms with Crippen molar-refractivity contribution in [3.63, 3.8) is 0 Å². The molecule has 0 radical (unpaired) electrons. The van der Waals surface area contributed by atoms with Crippen molar-refractivity contribution >= 4 is 27.3 Å². The zero-order valence-corrected chi connectivity index (χ0v) is 14.2. The highest BCUT2D eigenvalue weighted by Gasteiger charge is 2.23. The van der Waals surface area contributed by atoms with E-state index in [0.717, 1.165) is 11.0 Å². The van der Waals surface area contributed by atoms with Crippen molar-refractivity contribution in [2.45, 2.75) is 13.0 Å². The Morgan fingerprint density at radius 1 is 1.38 bits per heavy atom. The SMILES string of the molecule is O=C(CC1C=CS(=O)(=O)C1)NCc1cc(-c2ccccc2Cl)no1. The molecule has 6 nitrogen and oxygen atoms in total. The number of nitrogens with one attached hydrogen (secondary N) is 1. The molecule has 1 N–H and O–H groups in total. The van der Waals surface area contributed by atoms with Crippen molar-refractivity contribution < 1.29 is 17.7 Å². The lowest BCUT2D eigenvalue weighted by molar-refractivity contribution is -0.121. The van der Waals surface area contributed by atoms with Gasteiger partial charge in [0.25, 0.3) is 0 Å². The molecule has 0 fully saturated rings. The van der Waals surface area contributed by atoms with E-state index in [1.807, 2.05) is 18.2 Å². The van der Waals surface area contributed by atoms with E-state index in [9.17, 15) is 13.2 Å². The third-order valence-corrected chi connectivity index (χ3v) is 5.41. The van der Waals surface area contributed by atoms with Crippen molar-refractivity contribution in [1.82, 2.24) is 10.5 Å². The third-order valence-electron chi connectivity index (χ3n) is 3.62. The first-order valence-electron chi connectivity index (χ1n) is 7.31. The second-order valence-corrected chi connectivity index (χ2v) is 7.90. The van der Waals surface area contributed by atoms with Crippen LogP contribution in [0.15, 0.2) is 46.3 Å². The van der Waals surface area contributed by atoms with Gasteiger partial charge in [0.2, 0.25) is 5.91 Å². The van der Waals surface area contributed by atoms with Crippen molar-refractivity contribution in [2.24, 2.45) is 5.92 Å². The minimum Gasteiger partial charge on any atom is -0.359 e. The molecule has 1 amide bonds. The Hall–Kier alpha value is -2.12. The van der Waals surface area contributed by atoms with E-state index < -0.39 is 9.84 Å². The minimum atomic E-state index is -3.14. The number of halogens is 1. The molecule has 1 aromatic heterocycles. The molecule has 0 saturated carbocycles. The zero-order chi connectivity index (χ0) is 17.2. The van der Waals surface area contributed by atoms with Gasteiger partial charge in [-0.1, -0.05) is 41.0 Å². The number of rotatable bonds is 5. The smallest absolute Gasteiger partial charge is 0.220 e. The molecule has 0 saturated heterocycles. The van der Waals surface area contributed by atoms with E-state index >= 15 is 0 Å². The Morgan fingerprint density at radius 3 is 2.88 bits per heavy atom. The van der Waals surface area contributed by atoms with Gasteiger partial charge in [-0.3, -0.25) is 4.79 Å². The first kappa shape index (κ1) is 16.7.